The predicted octanol–water partition coefficient (Wildman–Crippen LogP) is 5.18. The molecule has 0 aromatic heterocycles. The van der Waals surface area contributed by atoms with Crippen LogP contribution in [0.15, 0.2) is 91.0 Å². The molecule has 4 rings (SSSR count). The van der Waals surface area contributed by atoms with Crippen LogP contribution >= 0.6 is 0 Å². The summed E-state index contributed by atoms with van der Waals surface area (Å²) in [6, 6.07) is 31.0. The Hall–Kier alpha value is -2.91. The van der Waals surface area contributed by atoms with Gasteiger partial charge >= 0.3 is 0 Å². The number of nitrogens with one attached hydrogen (secondary N) is 2. The Morgan fingerprint density at radius 3 is 1.48 bits per heavy atom. The van der Waals surface area contributed by atoms with Crippen molar-refractivity contribution < 1.29 is 4.79 Å². The summed E-state index contributed by atoms with van der Waals surface area (Å²) in [7, 11) is 0. The first-order chi connectivity index (χ1) is 14.3. The highest BCUT2D eigenvalue weighted by molar-refractivity contribution is 5.78. The molecule has 29 heavy (non-hydrogen) atoms. The maximum Gasteiger partial charge on any atom is 0.237 e. The summed E-state index contributed by atoms with van der Waals surface area (Å²) in [5.41, 5.74) is 9.16. The molecule has 0 aliphatic heterocycles. The van der Waals surface area contributed by atoms with Crippen molar-refractivity contribution in [2.24, 2.45) is 5.92 Å². The lowest BCUT2D eigenvalue weighted by molar-refractivity contribution is -0.127. The lowest BCUT2D eigenvalue weighted by Gasteiger charge is -2.37. The molecule has 148 valence electrons. The highest BCUT2D eigenvalue weighted by Crippen LogP contribution is 2.36. The zero-order valence-corrected chi connectivity index (χ0v) is 16.7. The van der Waals surface area contributed by atoms with Gasteiger partial charge in [0.05, 0.1) is 0 Å². The van der Waals surface area contributed by atoms with Crippen molar-refractivity contribution in [3.05, 3.63) is 108 Å². The minimum absolute atomic E-state index is 0.0938. The fourth-order valence-corrected chi connectivity index (χ4v) is 4.40. The van der Waals surface area contributed by atoms with Crippen LogP contribution in [-0.4, -0.2) is 5.91 Å². The standard InChI is InChI=1S/C26H28N2O/c29-25(21-13-5-1-6-14-21)27-28-26(22-15-7-2-8-16-22,23-17-9-3-10-18-23)24-19-11-4-12-20-24/h2-4,7-12,15-21,28H,1,5-6,13-14H2,(H,27,29). The molecule has 0 unspecified atom stereocenters. The van der Waals surface area contributed by atoms with Crippen LogP contribution in [-0.2, 0) is 10.3 Å². The van der Waals surface area contributed by atoms with Crippen molar-refractivity contribution in [1.29, 1.82) is 0 Å². The van der Waals surface area contributed by atoms with E-state index in [0.717, 1.165) is 42.4 Å². The highest BCUT2D eigenvalue weighted by Gasteiger charge is 2.37. The van der Waals surface area contributed by atoms with E-state index >= 15 is 0 Å². The normalized spacial score (nSPS) is 15.0. The Kier molecular flexibility index (Phi) is 6.06. The van der Waals surface area contributed by atoms with E-state index < -0.39 is 5.54 Å². The maximum atomic E-state index is 13.0. The number of carbonyl (C=O) groups is 1. The second-order valence-electron chi connectivity index (χ2n) is 7.80. The molecule has 0 bridgehead atoms. The van der Waals surface area contributed by atoms with E-state index in [1.165, 1.54) is 6.42 Å². The van der Waals surface area contributed by atoms with Crippen molar-refractivity contribution in [3.63, 3.8) is 0 Å². The molecule has 0 radical (unpaired) electrons. The number of hydrogen-bond acceptors (Lipinski definition) is 2. The van der Waals surface area contributed by atoms with Gasteiger partial charge in [0, 0.05) is 5.92 Å². The molecule has 0 atom stereocenters. The van der Waals surface area contributed by atoms with Gasteiger partial charge in [0.2, 0.25) is 5.91 Å². The lowest BCUT2D eigenvalue weighted by atomic mass is 9.77. The van der Waals surface area contributed by atoms with Gasteiger partial charge in [-0.2, -0.15) is 0 Å². The Balaban J connectivity index is 1.76. The van der Waals surface area contributed by atoms with Crippen LogP contribution in [0.4, 0.5) is 0 Å². The van der Waals surface area contributed by atoms with Gasteiger partial charge in [0.1, 0.15) is 5.54 Å². The Morgan fingerprint density at radius 2 is 1.07 bits per heavy atom. The molecule has 1 aliphatic carbocycles. The second-order valence-corrected chi connectivity index (χ2v) is 7.80. The molecule has 3 aromatic rings. The van der Waals surface area contributed by atoms with Gasteiger partial charge in [-0.3, -0.25) is 10.2 Å². The molecular formula is C26H28N2O. The molecule has 0 saturated heterocycles. The highest BCUT2D eigenvalue weighted by atomic mass is 16.2. The summed E-state index contributed by atoms with van der Waals surface area (Å²) in [5.74, 6) is 0.188. The molecular weight excluding hydrogens is 356 g/mol. The summed E-state index contributed by atoms with van der Waals surface area (Å²) in [6.45, 7) is 0. The third-order valence-corrected chi connectivity index (χ3v) is 5.97. The Morgan fingerprint density at radius 1 is 0.655 bits per heavy atom. The van der Waals surface area contributed by atoms with Crippen LogP contribution in [0.25, 0.3) is 0 Å². The fraction of sp³-hybridized carbons (Fsp3) is 0.269. The molecule has 1 saturated carbocycles. The molecule has 1 fully saturated rings. The average molecular weight is 385 g/mol. The van der Waals surface area contributed by atoms with Gasteiger partial charge in [-0.1, -0.05) is 110 Å². The van der Waals surface area contributed by atoms with Gasteiger partial charge in [-0.05, 0) is 29.5 Å². The molecule has 0 heterocycles. The first-order valence-electron chi connectivity index (χ1n) is 10.5. The number of hydrogen-bond donors (Lipinski definition) is 2. The minimum atomic E-state index is -0.673. The van der Waals surface area contributed by atoms with Gasteiger partial charge in [0.15, 0.2) is 0 Å². The molecule has 3 nitrogen and oxygen atoms in total. The van der Waals surface area contributed by atoms with Crippen LogP contribution in [0.5, 0.6) is 0 Å². The Bertz CT molecular complexity index is 807. The van der Waals surface area contributed by atoms with Crippen molar-refractivity contribution in [3.8, 4) is 0 Å². The van der Waals surface area contributed by atoms with Gasteiger partial charge < -0.3 is 0 Å². The third kappa shape index (κ3) is 4.10. The first kappa shape index (κ1) is 19.4. The van der Waals surface area contributed by atoms with Crippen LogP contribution in [0.1, 0.15) is 48.8 Å². The van der Waals surface area contributed by atoms with Crippen LogP contribution in [0.3, 0.4) is 0 Å². The van der Waals surface area contributed by atoms with E-state index in [1.54, 1.807) is 0 Å². The number of amides is 1. The van der Waals surface area contributed by atoms with Crippen molar-refractivity contribution in [2.75, 3.05) is 0 Å². The van der Waals surface area contributed by atoms with Gasteiger partial charge in [0.25, 0.3) is 0 Å². The van der Waals surface area contributed by atoms with E-state index in [0.29, 0.717) is 0 Å². The quantitative estimate of drug-likeness (QED) is 0.454. The number of benzene rings is 3. The minimum Gasteiger partial charge on any atom is -0.290 e. The SMILES string of the molecule is O=C(NNC(c1ccccc1)(c1ccccc1)c1ccccc1)C1CCCCC1. The number of hydrazine groups is 1. The van der Waals surface area contributed by atoms with Gasteiger partial charge in [-0.15, -0.1) is 0 Å². The van der Waals surface area contributed by atoms with E-state index in [1.807, 2.05) is 54.6 Å². The Labute approximate surface area is 173 Å². The van der Waals surface area contributed by atoms with E-state index in [4.69, 9.17) is 0 Å². The van der Waals surface area contributed by atoms with Crippen LogP contribution < -0.4 is 10.9 Å². The topological polar surface area (TPSA) is 41.1 Å². The number of rotatable bonds is 6. The predicted molar refractivity (Wildman–Crippen MR) is 117 cm³/mol. The molecule has 0 spiro atoms. The van der Waals surface area contributed by atoms with Crippen LogP contribution in [0.2, 0.25) is 0 Å². The van der Waals surface area contributed by atoms with E-state index in [2.05, 4.69) is 47.2 Å². The van der Waals surface area contributed by atoms with E-state index in [-0.39, 0.29) is 11.8 Å². The summed E-state index contributed by atoms with van der Waals surface area (Å²) < 4.78 is 0. The summed E-state index contributed by atoms with van der Waals surface area (Å²) >= 11 is 0. The monoisotopic (exact) mass is 384 g/mol. The fourth-order valence-electron chi connectivity index (χ4n) is 4.40. The molecule has 1 aliphatic rings. The third-order valence-electron chi connectivity index (χ3n) is 5.97. The maximum absolute atomic E-state index is 13.0. The van der Waals surface area contributed by atoms with Crippen molar-refractivity contribution >= 4 is 5.91 Å². The smallest absolute Gasteiger partial charge is 0.237 e. The van der Waals surface area contributed by atoms with Crippen LogP contribution in [0, 0.1) is 5.92 Å². The first-order valence-corrected chi connectivity index (χ1v) is 10.5. The molecule has 1 amide bonds. The molecule has 2 N–H and O–H groups in total. The summed E-state index contributed by atoms with van der Waals surface area (Å²) in [4.78, 5) is 13.0. The number of carbonyl (C=O) groups excluding carboxylic acids is 1. The van der Waals surface area contributed by atoms with Crippen molar-refractivity contribution in [1.82, 2.24) is 10.9 Å². The zero-order chi connectivity index (χ0) is 19.9. The summed E-state index contributed by atoms with van der Waals surface area (Å²) in [6.07, 6.45) is 5.46. The average Bonchev–Trinajstić information content (AvgIpc) is 2.82. The van der Waals surface area contributed by atoms with Gasteiger partial charge in [-0.25, -0.2) is 5.43 Å². The second kappa shape index (κ2) is 9.06. The van der Waals surface area contributed by atoms with E-state index in [9.17, 15) is 4.79 Å². The van der Waals surface area contributed by atoms with Crippen molar-refractivity contribution in [2.45, 2.75) is 37.6 Å². The largest absolute Gasteiger partial charge is 0.290 e. The lowest BCUT2D eigenvalue weighted by Crippen LogP contribution is -2.54. The molecule has 3 heteroatoms. The molecule has 3 aromatic carbocycles. The zero-order valence-electron chi connectivity index (χ0n) is 16.7. The summed E-state index contributed by atoms with van der Waals surface area (Å²) in [5, 5.41) is 0.